The number of halogens is 1. The molecule has 2 fully saturated rings. The Bertz CT molecular complexity index is 927. The average molecular weight is 410 g/mol. The van der Waals surface area contributed by atoms with Gasteiger partial charge in [-0.15, -0.1) is 0 Å². The summed E-state index contributed by atoms with van der Waals surface area (Å²) < 4.78 is 18.8. The summed E-state index contributed by atoms with van der Waals surface area (Å²) in [7, 11) is 0. The van der Waals surface area contributed by atoms with Crippen LogP contribution in [0.15, 0.2) is 42.5 Å². The van der Waals surface area contributed by atoms with Gasteiger partial charge in [0.05, 0.1) is 18.7 Å². The number of likely N-dealkylation sites (tertiary alicyclic amines) is 1. The number of anilines is 1. The van der Waals surface area contributed by atoms with Gasteiger partial charge in [0.1, 0.15) is 5.82 Å². The number of carbonyl (C=O) groups is 1. The lowest BCUT2D eigenvalue weighted by Gasteiger charge is -2.40. The van der Waals surface area contributed by atoms with E-state index in [0.29, 0.717) is 19.8 Å². The van der Waals surface area contributed by atoms with Crippen LogP contribution < -0.4 is 5.32 Å². The van der Waals surface area contributed by atoms with E-state index in [9.17, 15) is 14.3 Å². The third-order valence-electron chi connectivity index (χ3n) is 6.90. The topological polar surface area (TPSA) is 61.8 Å². The monoisotopic (exact) mass is 410 g/mol. The highest BCUT2D eigenvalue weighted by Crippen LogP contribution is 2.48. The first kappa shape index (κ1) is 19.5. The molecule has 5 rings (SSSR count). The summed E-state index contributed by atoms with van der Waals surface area (Å²) in [5, 5.41) is 13.5. The van der Waals surface area contributed by atoms with E-state index in [2.05, 4.69) is 11.4 Å². The summed E-state index contributed by atoms with van der Waals surface area (Å²) in [4.78, 5) is 15.4. The summed E-state index contributed by atoms with van der Waals surface area (Å²) in [6, 6.07) is 12.5. The number of amides is 1. The van der Waals surface area contributed by atoms with E-state index in [-0.39, 0.29) is 42.3 Å². The van der Waals surface area contributed by atoms with Crippen LogP contribution in [-0.2, 0) is 9.53 Å². The number of ether oxygens (including phenoxy) is 1. The molecule has 2 aromatic carbocycles. The van der Waals surface area contributed by atoms with Crippen molar-refractivity contribution >= 4 is 11.6 Å². The largest absolute Gasteiger partial charge is 0.394 e. The fraction of sp³-hybridized carbons (Fsp3) is 0.458. The molecule has 158 valence electrons. The van der Waals surface area contributed by atoms with E-state index in [4.69, 9.17) is 4.74 Å². The van der Waals surface area contributed by atoms with Crippen molar-refractivity contribution in [1.29, 1.82) is 0 Å². The lowest BCUT2D eigenvalue weighted by molar-refractivity contribution is -0.140. The first-order valence-corrected chi connectivity index (χ1v) is 10.8. The molecular formula is C24H27FN2O3. The molecule has 3 aliphatic heterocycles. The second kappa shape index (κ2) is 8.00. The lowest BCUT2D eigenvalue weighted by atomic mass is 9.82. The molecule has 3 heterocycles. The van der Waals surface area contributed by atoms with Crippen molar-refractivity contribution in [2.24, 2.45) is 11.8 Å². The smallest absolute Gasteiger partial charge is 0.226 e. The standard InChI is InChI=1S/C24H27FN2O3/c25-18-4-1-15(2-5-18)17-3-6-21-20(13-17)23-19(22(14-28)26-21)7-10-27(23)24(29)16-8-11-30-12-9-16/h1-6,13,16,19,22-23,26,28H,7-12,14H2/t19-,22-,23-/m1/s1. The van der Waals surface area contributed by atoms with Crippen molar-refractivity contribution in [3.8, 4) is 11.1 Å². The van der Waals surface area contributed by atoms with Crippen LogP contribution in [0.4, 0.5) is 10.1 Å². The normalized spacial score (nSPS) is 26.1. The molecule has 30 heavy (non-hydrogen) atoms. The highest BCUT2D eigenvalue weighted by Gasteiger charge is 2.46. The Morgan fingerprint density at radius 1 is 1.10 bits per heavy atom. The molecule has 0 aliphatic carbocycles. The highest BCUT2D eigenvalue weighted by atomic mass is 19.1. The Morgan fingerprint density at radius 2 is 1.83 bits per heavy atom. The highest BCUT2D eigenvalue weighted by molar-refractivity contribution is 5.81. The van der Waals surface area contributed by atoms with Gasteiger partial charge in [-0.05, 0) is 60.2 Å². The van der Waals surface area contributed by atoms with Crippen LogP contribution >= 0.6 is 0 Å². The zero-order valence-corrected chi connectivity index (χ0v) is 16.9. The molecule has 0 aromatic heterocycles. The minimum absolute atomic E-state index is 0.0173. The van der Waals surface area contributed by atoms with Gasteiger partial charge in [-0.2, -0.15) is 0 Å². The van der Waals surface area contributed by atoms with Crippen molar-refractivity contribution in [2.75, 3.05) is 31.7 Å². The number of nitrogens with one attached hydrogen (secondary N) is 1. The quantitative estimate of drug-likeness (QED) is 0.812. The Hall–Kier alpha value is -2.44. The molecule has 2 aromatic rings. The average Bonchev–Trinajstić information content (AvgIpc) is 3.24. The van der Waals surface area contributed by atoms with Crippen molar-refractivity contribution in [1.82, 2.24) is 4.90 Å². The van der Waals surface area contributed by atoms with Gasteiger partial charge in [-0.1, -0.05) is 18.2 Å². The fourth-order valence-corrected chi connectivity index (χ4v) is 5.31. The van der Waals surface area contributed by atoms with Crippen molar-refractivity contribution in [2.45, 2.75) is 31.3 Å². The summed E-state index contributed by atoms with van der Waals surface area (Å²) in [6.45, 7) is 2.04. The van der Waals surface area contributed by atoms with Crippen molar-refractivity contribution in [3.63, 3.8) is 0 Å². The Morgan fingerprint density at radius 3 is 2.57 bits per heavy atom. The first-order valence-electron chi connectivity index (χ1n) is 10.8. The number of carbonyl (C=O) groups excluding carboxylic acids is 1. The molecule has 2 N–H and O–H groups in total. The summed E-state index contributed by atoms with van der Waals surface area (Å²) >= 11 is 0. The maximum Gasteiger partial charge on any atom is 0.226 e. The minimum Gasteiger partial charge on any atom is -0.394 e. The second-order valence-electron chi connectivity index (χ2n) is 8.56. The van der Waals surface area contributed by atoms with Gasteiger partial charge in [-0.3, -0.25) is 4.79 Å². The molecule has 0 bridgehead atoms. The predicted molar refractivity (Wildman–Crippen MR) is 112 cm³/mol. The molecule has 0 spiro atoms. The zero-order chi connectivity index (χ0) is 20.7. The van der Waals surface area contributed by atoms with Crippen molar-refractivity contribution in [3.05, 3.63) is 53.8 Å². The van der Waals surface area contributed by atoms with Gasteiger partial charge in [-0.25, -0.2) is 4.39 Å². The van der Waals surface area contributed by atoms with Crippen LogP contribution in [0.5, 0.6) is 0 Å². The van der Waals surface area contributed by atoms with Crippen LogP contribution in [-0.4, -0.2) is 48.3 Å². The van der Waals surface area contributed by atoms with Crippen LogP contribution in [0.3, 0.4) is 0 Å². The SMILES string of the molecule is O=C(C1CCOCC1)N1CC[C@@H]2[C@@H](CO)Nc3ccc(-c4ccc(F)cc4)cc3[C@@H]21. The number of hydrogen-bond acceptors (Lipinski definition) is 4. The van der Waals surface area contributed by atoms with Gasteiger partial charge in [0.2, 0.25) is 5.91 Å². The van der Waals surface area contributed by atoms with E-state index in [1.165, 1.54) is 12.1 Å². The van der Waals surface area contributed by atoms with E-state index in [1.54, 1.807) is 12.1 Å². The number of aliphatic hydroxyl groups excluding tert-OH is 1. The summed E-state index contributed by atoms with van der Waals surface area (Å²) in [6.07, 6.45) is 2.42. The van der Waals surface area contributed by atoms with E-state index < -0.39 is 0 Å². The molecule has 5 nitrogen and oxygen atoms in total. The van der Waals surface area contributed by atoms with Crippen LogP contribution in [0.1, 0.15) is 30.9 Å². The maximum absolute atomic E-state index is 13.4. The lowest BCUT2D eigenvalue weighted by Crippen LogP contribution is -2.44. The molecule has 3 aliphatic rings. The van der Waals surface area contributed by atoms with Gasteiger partial charge in [0.25, 0.3) is 0 Å². The van der Waals surface area contributed by atoms with E-state index in [0.717, 1.165) is 41.6 Å². The first-order chi connectivity index (χ1) is 14.7. The molecule has 0 saturated carbocycles. The third kappa shape index (κ3) is 3.38. The van der Waals surface area contributed by atoms with Crippen LogP contribution in [0.2, 0.25) is 0 Å². The molecular weight excluding hydrogens is 383 g/mol. The number of aliphatic hydroxyl groups is 1. The third-order valence-corrected chi connectivity index (χ3v) is 6.90. The number of nitrogens with zero attached hydrogens (tertiary/aromatic N) is 1. The van der Waals surface area contributed by atoms with E-state index >= 15 is 0 Å². The van der Waals surface area contributed by atoms with Gasteiger partial charge < -0.3 is 20.1 Å². The predicted octanol–water partition coefficient (Wildman–Crippen LogP) is 3.60. The minimum atomic E-state index is -0.256. The van der Waals surface area contributed by atoms with Crippen molar-refractivity contribution < 1.29 is 19.0 Å². The Labute approximate surface area is 175 Å². The second-order valence-corrected chi connectivity index (χ2v) is 8.56. The van der Waals surface area contributed by atoms with Gasteiger partial charge >= 0.3 is 0 Å². The number of hydrogen-bond donors (Lipinski definition) is 2. The molecule has 0 radical (unpaired) electrons. The van der Waals surface area contributed by atoms with E-state index in [1.807, 2.05) is 17.0 Å². The maximum atomic E-state index is 13.4. The van der Waals surface area contributed by atoms with Gasteiger partial charge in [0.15, 0.2) is 0 Å². The molecule has 0 unspecified atom stereocenters. The number of benzene rings is 2. The zero-order valence-electron chi connectivity index (χ0n) is 16.9. The Kier molecular flexibility index (Phi) is 5.21. The number of fused-ring (bicyclic) bond motifs is 3. The van der Waals surface area contributed by atoms with Gasteiger partial charge in [0, 0.05) is 37.3 Å². The molecule has 3 atom stereocenters. The summed E-state index contributed by atoms with van der Waals surface area (Å²) in [5.74, 6) is 0.147. The van der Waals surface area contributed by atoms with Crippen LogP contribution in [0, 0.1) is 17.7 Å². The summed E-state index contributed by atoms with van der Waals surface area (Å²) in [5.41, 5.74) is 4.00. The molecule has 2 saturated heterocycles. The Balaban J connectivity index is 1.52. The molecule has 6 heteroatoms. The number of rotatable bonds is 3. The fourth-order valence-electron chi connectivity index (χ4n) is 5.31. The van der Waals surface area contributed by atoms with Crippen LogP contribution in [0.25, 0.3) is 11.1 Å². The molecule has 1 amide bonds.